The molecule has 0 saturated carbocycles. The Morgan fingerprint density at radius 3 is 2.50 bits per heavy atom. The van der Waals surface area contributed by atoms with Crippen LogP contribution in [0.25, 0.3) is 0 Å². The number of hydrogen-bond acceptors (Lipinski definition) is 2. The summed E-state index contributed by atoms with van der Waals surface area (Å²) in [5, 5.41) is 8.02. The minimum Gasteiger partial charge on any atom is -0.314 e. The van der Waals surface area contributed by atoms with E-state index in [9.17, 15) is 0 Å². The molecule has 0 amide bonds. The molecule has 0 radical (unpaired) electrons. The second-order valence-electron chi connectivity index (χ2n) is 4.95. The second kappa shape index (κ2) is 6.04. The number of likely N-dealkylation sites (N-methyl/N-ethyl adjacent to an activating group) is 1. The summed E-state index contributed by atoms with van der Waals surface area (Å²) in [6, 6.07) is 2.64. The zero-order chi connectivity index (χ0) is 12.1. The third kappa shape index (κ3) is 3.63. The highest BCUT2D eigenvalue weighted by Crippen LogP contribution is 2.17. The summed E-state index contributed by atoms with van der Waals surface area (Å²) in [5.41, 5.74) is 1.18. The molecular formula is C13H25N3. The van der Waals surface area contributed by atoms with Crippen molar-refractivity contribution in [2.75, 3.05) is 6.54 Å². The largest absolute Gasteiger partial charge is 0.314 e. The van der Waals surface area contributed by atoms with Crippen LogP contribution in [-0.4, -0.2) is 22.4 Å². The molecule has 1 rings (SSSR count). The Kier molecular flexibility index (Phi) is 5.00. The van der Waals surface area contributed by atoms with Gasteiger partial charge in [0.1, 0.15) is 0 Å². The molecule has 0 saturated heterocycles. The Morgan fingerprint density at radius 1 is 1.38 bits per heavy atom. The summed E-state index contributed by atoms with van der Waals surface area (Å²) in [6.07, 6.45) is 3.03. The summed E-state index contributed by atoms with van der Waals surface area (Å²) >= 11 is 0. The molecule has 1 N–H and O–H groups in total. The van der Waals surface area contributed by atoms with Crippen molar-refractivity contribution in [3.63, 3.8) is 0 Å². The lowest BCUT2D eigenvalue weighted by Gasteiger charge is -2.27. The van der Waals surface area contributed by atoms with Gasteiger partial charge in [-0.3, -0.25) is 4.68 Å². The SMILES string of the molecule is CCNC(Cc1ccn(C)n1)C(C)C(C)C. The van der Waals surface area contributed by atoms with Crippen LogP contribution < -0.4 is 5.32 Å². The van der Waals surface area contributed by atoms with Gasteiger partial charge in [0, 0.05) is 25.7 Å². The number of nitrogens with zero attached hydrogens (tertiary/aromatic N) is 2. The molecule has 0 fully saturated rings. The maximum absolute atomic E-state index is 4.45. The van der Waals surface area contributed by atoms with Crippen molar-refractivity contribution >= 4 is 0 Å². The van der Waals surface area contributed by atoms with Crippen LogP contribution in [0.2, 0.25) is 0 Å². The van der Waals surface area contributed by atoms with Crippen molar-refractivity contribution in [2.24, 2.45) is 18.9 Å². The molecule has 1 aromatic heterocycles. The van der Waals surface area contributed by atoms with Crippen LogP contribution >= 0.6 is 0 Å². The summed E-state index contributed by atoms with van der Waals surface area (Å²) in [5.74, 6) is 1.37. The van der Waals surface area contributed by atoms with Crippen LogP contribution in [-0.2, 0) is 13.5 Å². The standard InChI is InChI=1S/C13H25N3/c1-6-14-13(11(4)10(2)3)9-12-7-8-16(5)15-12/h7-8,10-11,13-14H,6,9H2,1-5H3. The van der Waals surface area contributed by atoms with E-state index in [1.165, 1.54) is 5.69 Å². The Labute approximate surface area is 99.2 Å². The van der Waals surface area contributed by atoms with Gasteiger partial charge >= 0.3 is 0 Å². The van der Waals surface area contributed by atoms with E-state index in [4.69, 9.17) is 0 Å². The minimum absolute atomic E-state index is 0.528. The van der Waals surface area contributed by atoms with Crippen LogP contribution in [0.1, 0.15) is 33.4 Å². The van der Waals surface area contributed by atoms with Gasteiger partial charge in [-0.05, 0) is 24.4 Å². The monoisotopic (exact) mass is 223 g/mol. The fraction of sp³-hybridized carbons (Fsp3) is 0.769. The Hall–Kier alpha value is -0.830. The van der Waals surface area contributed by atoms with E-state index in [2.05, 4.69) is 44.2 Å². The van der Waals surface area contributed by atoms with Gasteiger partial charge in [0.15, 0.2) is 0 Å². The Balaban J connectivity index is 2.63. The van der Waals surface area contributed by atoms with Crippen molar-refractivity contribution in [2.45, 2.75) is 40.2 Å². The summed E-state index contributed by atoms with van der Waals surface area (Å²) < 4.78 is 1.87. The van der Waals surface area contributed by atoms with Crippen molar-refractivity contribution in [1.82, 2.24) is 15.1 Å². The lowest BCUT2D eigenvalue weighted by molar-refractivity contribution is 0.298. The zero-order valence-corrected chi connectivity index (χ0v) is 11.2. The van der Waals surface area contributed by atoms with Crippen LogP contribution in [0.3, 0.4) is 0 Å². The first-order valence-corrected chi connectivity index (χ1v) is 6.26. The number of rotatable bonds is 6. The normalized spacial score (nSPS) is 15.4. The average Bonchev–Trinajstić information content (AvgIpc) is 2.62. The highest BCUT2D eigenvalue weighted by atomic mass is 15.2. The summed E-state index contributed by atoms with van der Waals surface area (Å²) in [7, 11) is 1.97. The first kappa shape index (κ1) is 13.2. The maximum atomic E-state index is 4.45. The van der Waals surface area contributed by atoms with E-state index in [1.807, 2.05) is 17.9 Å². The van der Waals surface area contributed by atoms with Crippen LogP contribution in [0, 0.1) is 11.8 Å². The Bertz CT molecular complexity index is 304. The van der Waals surface area contributed by atoms with Gasteiger partial charge in [0.2, 0.25) is 0 Å². The molecule has 0 spiro atoms. The molecule has 0 bridgehead atoms. The third-order valence-corrected chi connectivity index (χ3v) is 3.35. The lowest BCUT2D eigenvalue weighted by Crippen LogP contribution is -2.39. The lowest BCUT2D eigenvalue weighted by atomic mass is 9.87. The fourth-order valence-electron chi connectivity index (χ4n) is 1.97. The molecule has 0 aliphatic heterocycles. The fourth-order valence-corrected chi connectivity index (χ4v) is 1.97. The first-order valence-electron chi connectivity index (χ1n) is 6.26. The molecule has 0 aliphatic rings. The van der Waals surface area contributed by atoms with Crippen LogP contribution in [0.15, 0.2) is 12.3 Å². The molecule has 1 aromatic rings. The smallest absolute Gasteiger partial charge is 0.0640 e. The van der Waals surface area contributed by atoms with E-state index in [-0.39, 0.29) is 0 Å². The number of nitrogens with one attached hydrogen (secondary N) is 1. The van der Waals surface area contributed by atoms with E-state index >= 15 is 0 Å². The van der Waals surface area contributed by atoms with E-state index < -0.39 is 0 Å². The highest BCUT2D eigenvalue weighted by molar-refractivity contribution is 5.02. The van der Waals surface area contributed by atoms with Gasteiger partial charge in [0.25, 0.3) is 0 Å². The van der Waals surface area contributed by atoms with Gasteiger partial charge in [-0.15, -0.1) is 0 Å². The predicted octanol–water partition coefficient (Wildman–Crippen LogP) is 2.23. The van der Waals surface area contributed by atoms with Crippen molar-refractivity contribution < 1.29 is 0 Å². The second-order valence-corrected chi connectivity index (χ2v) is 4.95. The van der Waals surface area contributed by atoms with Gasteiger partial charge < -0.3 is 5.32 Å². The van der Waals surface area contributed by atoms with Crippen molar-refractivity contribution in [1.29, 1.82) is 0 Å². The van der Waals surface area contributed by atoms with Crippen molar-refractivity contribution in [3.8, 4) is 0 Å². The maximum Gasteiger partial charge on any atom is 0.0640 e. The quantitative estimate of drug-likeness (QED) is 0.801. The van der Waals surface area contributed by atoms with Crippen LogP contribution in [0.5, 0.6) is 0 Å². The first-order chi connectivity index (χ1) is 7.54. The van der Waals surface area contributed by atoms with E-state index in [1.54, 1.807) is 0 Å². The zero-order valence-electron chi connectivity index (χ0n) is 11.2. The highest BCUT2D eigenvalue weighted by Gasteiger charge is 2.20. The molecule has 0 aromatic carbocycles. The Morgan fingerprint density at radius 2 is 2.06 bits per heavy atom. The van der Waals surface area contributed by atoms with Crippen molar-refractivity contribution in [3.05, 3.63) is 18.0 Å². The molecule has 3 nitrogen and oxygen atoms in total. The summed E-state index contributed by atoms with van der Waals surface area (Å²) in [4.78, 5) is 0. The summed E-state index contributed by atoms with van der Waals surface area (Å²) in [6.45, 7) is 10.1. The minimum atomic E-state index is 0.528. The molecule has 3 heteroatoms. The topological polar surface area (TPSA) is 29.9 Å². The third-order valence-electron chi connectivity index (χ3n) is 3.35. The molecule has 92 valence electrons. The molecular weight excluding hydrogens is 198 g/mol. The number of hydrogen-bond donors (Lipinski definition) is 1. The molecule has 0 aliphatic carbocycles. The van der Waals surface area contributed by atoms with Gasteiger partial charge in [-0.1, -0.05) is 27.7 Å². The van der Waals surface area contributed by atoms with Gasteiger partial charge in [-0.25, -0.2) is 0 Å². The number of aromatic nitrogens is 2. The molecule has 16 heavy (non-hydrogen) atoms. The molecule has 2 atom stereocenters. The van der Waals surface area contributed by atoms with Crippen LogP contribution in [0.4, 0.5) is 0 Å². The number of aryl methyl sites for hydroxylation is 1. The predicted molar refractivity (Wildman–Crippen MR) is 68.4 cm³/mol. The molecule has 1 heterocycles. The van der Waals surface area contributed by atoms with Gasteiger partial charge in [-0.2, -0.15) is 5.10 Å². The van der Waals surface area contributed by atoms with E-state index in [0.29, 0.717) is 17.9 Å². The van der Waals surface area contributed by atoms with Gasteiger partial charge in [0.05, 0.1) is 5.69 Å². The van der Waals surface area contributed by atoms with E-state index in [0.717, 1.165) is 13.0 Å². The average molecular weight is 223 g/mol. The molecule has 2 unspecified atom stereocenters.